The summed E-state index contributed by atoms with van der Waals surface area (Å²) in [6.07, 6.45) is 0.849. The van der Waals surface area contributed by atoms with Crippen LogP contribution in [0.15, 0.2) is 0 Å². The number of hydrogen-bond donors (Lipinski definition) is 0. The van der Waals surface area contributed by atoms with Crippen LogP contribution in [0.2, 0.25) is 0 Å². The number of hydrogen-bond acceptors (Lipinski definition) is 5. The van der Waals surface area contributed by atoms with Crippen LogP contribution in [0.5, 0.6) is 0 Å². The number of rotatable bonds is 7. The lowest BCUT2D eigenvalue weighted by molar-refractivity contribution is -0.150. The van der Waals surface area contributed by atoms with Gasteiger partial charge in [-0.3, -0.25) is 14.0 Å². The van der Waals surface area contributed by atoms with Gasteiger partial charge in [-0.05, 0) is 20.3 Å². The first-order chi connectivity index (χ1) is 8.67. The minimum Gasteiger partial charge on any atom is -0.464 e. The summed E-state index contributed by atoms with van der Waals surface area (Å²) in [4.78, 5) is 23.5. The molecule has 112 valence electrons. The summed E-state index contributed by atoms with van der Waals surface area (Å²) in [5.41, 5.74) is 0. The van der Waals surface area contributed by atoms with Gasteiger partial charge in [-0.25, -0.2) is 4.79 Å². The molecule has 0 heterocycles. The Morgan fingerprint density at radius 3 is 2.21 bits per heavy atom. The van der Waals surface area contributed by atoms with Crippen molar-refractivity contribution in [3.8, 4) is 0 Å². The van der Waals surface area contributed by atoms with Crippen LogP contribution in [0.25, 0.3) is 0 Å². The third kappa shape index (κ3) is 5.57. The van der Waals surface area contributed by atoms with Crippen LogP contribution in [0.1, 0.15) is 41.0 Å². The molecule has 19 heavy (non-hydrogen) atoms. The topological polar surface area (TPSA) is 63.7 Å². The van der Waals surface area contributed by atoms with E-state index in [2.05, 4.69) is 0 Å². The maximum absolute atomic E-state index is 12.7. The molecule has 0 rings (SSSR count). The quantitative estimate of drug-likeness (QED) is 0.534. The molecule has 0 fully saturated rings. The second-order valence-corrected chi connectivity index (χ2v) is 10.1. The number of carbonyl (C=O) groups is 2. The molecule has 0 N–H and O–H groups in total. The molecule has 0 aromatic heterocycles. The van der Waals surface area contributed by atoms with Crippen LogP contribution in [0.4, 0.5) is 0 Å². The average Bonchev–Trinajstić information content (AvgIpc) is 2.27. The lowest BCUT2D eigenvalue weighted by Gasteiger charge is -2.32. The smallest absolute Gasteiger partial charge is 0.328 e. The van der Waals surface area contributed by atoms with E-state index in [0.29, 0.717) is 0 Å². The molecule has 5 nitrogen and oxygen atoms in total. The largest absolute Gasteiger partial charge is 0.464 e. The van der Waals surface area contributed by atoms with Crippen LogP contribution < -0.4 is 0 Å². The normalized spacial score (nSPS) is 17.2. The van der Waals surface area contributed by atoms with Crippen molar-refractivity contribution in [2.24, 2.45) is 0 Å². The Labute approximate surface area is 119 Å². The molecule has 3 atom stereocenters. The Hall–Kier alpha value is -0.480. The molecule has 1 amide bonds. The van der Waals surface area contributed by atoms with E-state index in [1.165, 1.54) is 29.6 Å². The lowest BCUT2D eigenvalue weighted by atomic mass is 10.3. The summed E-state index contributed by atoms with van der Waals surface area (Å²) in [5, 5.41) is 0.159. The highest BCUT2D eigenvalue weighted by Gasteiger charge is 2.37. The predicted octanol–water partition coefficient (Wildman–Crippen LogP) is 3.14. The fourth-order valence-corrected chi connectivity index (χ4v) is 7.34. The van der Waals surface area contributed by atoms with E-state index in [0.717, 1.165) is 6.42 Å². The maximum atomic E-state index is 12.7. The van der Waals surface area contributed by atoms with Gasteiger partial charge in [0, 0.05) is 18.8 Å². The molecule has 0 aliphatic rings. The van der Waals surface area contributed by atoms with E-state index in [4.69, 9.17) is 4.74 Å². The van der Waals surface area contributed by atoms with Gasteiger partial charge in [0.15, 0.2) is 0 Å². The Morgan fingerprint density at radius 2 is 1.84 bits per heavy atom. The van der Waals surface area contributed by atoms with Gasteiger partial charge in [0.1, 0.15) is 6.04 Å². The molecular formula is C12H24NO4PS. The third-order valence-corrected chi connectivity index (χ3v) is 7.94. The van der Waals surface area contributed by atoms with Gasteiger partial charge >= 0.3 is 5.97 Å². The Kier molecular flexibility index (Phi) is 7.75. The zero-order chi connectivity index (χ0) is 15.2. The highest BCUT2D eigenvalue weighted by atomic mass is 32.7. The predicted molar refractivity (Wildman–Crippen MR) is 79.5 cm³/mol. The van der Waals surface area contributed by atoms with Gasteiger partial charge in [0.05, 0.1) is 6.61 Å². The van der Waals surface area contributed by atoms with Crippen molar-refractivity contribution in [2.75, 3.05) is 13.3 Å². The summed E-state index contributed by atoms with van der Waals surface area (Å²) >= 11 is 1.25. The molecule has 3 unspecified atom stereocenters. The van der Waals surface area contributed by atoms with Crippen LogP contribution in [0, 0.1) is 0 Å². The van der Waals surface area contributed by atoms with Crippen LogP contribution in [-0.4, -0.2) is 41.1 Å². The van der Waals surface area contributed by atoms with E-state index in [-0.39, 0.29) is 17.8 Å². The van der Waals surface area contributed by atoms with Crippen molar-refractivity contribution >= 4 is 29.8 Å². The van der Waals surface area contributed by atoms with Crippen molar-refractivity contribution in [3.05, 3.63) is 0 Å². The summed E-state index contributed by atoms with van der Waals surface area (Å²) in [5.74, 6) is -0.897. The average molecular weight is 309 g/mol. The van der Waals surface area contributed by atoms with Crippen molar-refractivity contribution in [1.82, 2.24) is 4.67 Å². The molecule has 0 bridgehead atoms. The zero-order valence-electron chi connectivity index (χ0n) is 12.5. The molecule has 0 aliphatic heterocycles. The second kappa shape index (κ2) is 7.95. The van der Waals surface area contributed by atoms with Crippen LogP contribution in [-0.2, 0) is 18.9 Å². The standard InChI is InChI=1S/C12H24NO4PS/c1-7-9(3)19-18(6,16)13(11(5)14)10(4)12(15)17-8-2/h9-10H,7-8H2,1-6H3. The summed E-state index contributed by atoms with van der Waals surface area (Å²) < 4.78 is 18.8. The molecule has 0 aromatic rings. The zero-order valence-corrected chi connectivity index (χ0v) is 14.2. The first kappa shape index (κ1) is 18.5. The van der Waals surface area contributed by atoms with Crippen LogP contribution >= 0.6 is 17.9 Å². The number of nitrogens with zero attached hydrogens (tertiary/aromatic N) is 1. The van der Waals surface area contributed by atoms with Gasteiger partial charge in [-0.2, -0.15) is 0 Å². The number of carbonyl (C=O) groups excluding carboxylic acids is 2. The Balaban J connectivity index is 5.15. The third-order valence-electron chi connectivity index (χ3n) is 2.66. The fraction of sp³-hybridized carbons (Fsp3) is 0.833. The molecular weight excluding hydrogens is 285 g/mol. The molecule has 0 aliphatic carbocycles. The van der Waals surface area contributed by atoms with Gasteiger partial charge < -0.3 is 4.74 Å². The first-order valence-electron chi connectivity index (χ1n) is 6.40. The Morgan fingerprint density at radius 1 is 1.32 bits per heavy atom. The maximum Gasteiger partial charge on any atom is 0.328 e. The second-order valence-electron chi connectivity index (χ2n) is 4.42. The van der Waals surface area contributed by atoms with Crippen molar-refractivity contribution in [2.45, 2.75) is 52.3 Å². The molecule has 0 spiro atoms. The van der Waals surface area contributed by atoms with E-state index in [9.17, 15) is 14.2 Å². The molecule has 0 saturated carbocycles. The fourth-order valence-electron chi connectivity index (χ4n) is 1.67. The van der Waals surface area contributed by atoms with E-state index in [1.54, 1.807) is 13.8 Å². The first-order valence-corrected chi connectivity index (χ1v) is 9.99. The van der Waals surface area contributed by atoms with Crippen molar-refractivity contribution < 1.29 is 18.9 Å². The van der Waals surface area contributed by atoms with E-state index in [1.807, 2.05) is 13.8 Å². The monoisotopic (exact) mass is 309 g/mol. The lowest BCUT2D eigenvalue weighted by Crippen LogP contribution is -2.40. The highest BCUT2D eigenvalue weighted by molar-refractivity contribution is 8.57. The molecule has 7 heteroatoms. The van der Waals surface area contributed by atoms with Crippen molar-refractivity contribution in [1.29, 1.82) is 0 Å². The summed E-state index contributed by atoms with van der Waals surface area (Å²) in [7, 11) is 0. The van der Waals surface area contributed by atoms with E-state index < -0.39 is 18.5 Å². The summed E-state index contributed by atoms with van der Waals surface area (Å²) in [6.45, 7) is 7.31. The highest BCUT2D eigenvalue weighted by Crippen LogP contribution is 2.61. The van der Waals surface area contributed by atoms with Gasteiger partial charge in [-0.1, -0.05) is 25.2 Å². The van der Waals surface area contributed by atoms with Gasteiger partial charge in [-0.15, -0.1) is 0 Å². The number of amides is 1. The van der Waals surface area contributed by atoms with Gasteiger partial charge in [0.2, 0.25) is 12.4 Å². The SMILES string of the molecule is CCOC(=O)C(C)N(C(C)=O)P(C)(=O)SC(C)CC. The molecule has 0 saturated heterocycles. The molecule has 0 aromatic carbocycles. The van der Waals surface area contributed by atoms with Crippen LogP contribution in [0.3, 0.4) is 0 Å². The number of esters is 1. The molecule has 0 radical (unpaired) electrons. The minimum atomic E-state index is -2.97. The van der Waals surface area contributed by atoms with Gasteiger partial charge in [0.25, 0.3) is 0 Å². The Bertz CT molecular complexity index is 375. The number of ether oxygens (including phenoxy) is 1. The minimum absolute atomic E-state index is 0.159. The summed E-state index contributed by atoms with van der Waals surface area (Å²) in [6, 6.07) is -0.829. The van der Waals surface area contributed by atoms with Crippen molar-refractivity contribution in [3.63, 3.8) is 0 Å². The van der Waals surface area contributed by atoms with E-state index >= 15 is 0 Å².